The highest BCUT2D eigenvalue weighted by molar-refractivity contribution is 5.99. The molecule has 0 unspecified atom stereocenters. The zero-order valence-corrected chi connectivity index (χ0v) is 15.4. The molecule has 0 radical (unpaired) electrons. The molecule has 3 nitrogen and oxygen atoms in total. The molecule has 0 amide bonds. The maximum absolute atomic E-state index is 11.5. The Hall–Kier alpha value is -2.55. The monoisotopic (exact) mass is 335 g/mol. The lowest BCUT2D eigenvalue weighted by molar-refractivity contribution is 0.112. The largest absolute Gasteiger partial charge is 0.491 e. The first-order valence-electron chi connectivity index (χ1n) is 8.79. The highest BCUT2D eigenvalue weighted by atomic mass is 16.5. The van der Waals surface area contributed by atoms with Gasteiger partial charge in [-0.1, -0.05) is 44.2 Å². The van der Waals surface area contributed by atoms with Crippen LogP contribution in [-0.4, -0.2) is 17.5 Å². The summed E-state index contributed by atoms with van der Waals surface area (Å²) in [7, 11) is 0. The van der Waals surface area contributed by atoms with Crippen LogP contribution in [0.3, 0.4) is 0 Å². The molecule has 0 aliphatic carbocycles. The second-order valence-electron chi connectivity index (χ2n) is 6.83. The number of benzene rings is 2. The minimum Gasteiger partial charge on any atom is -0.491 e. The minimum atomic E-state index is 0.423. The van der Waals surface area contributed by atoms with Crippen LogP contribution in [0.15, 0.2) is 42.5 Å². The van der Waals surface area contributed by atoms with E-state index in [0.29, 0.717) is 19.1 Å². The molecule has 25 heavy (non-hydrogen) atoms. The Morgan fingerprint density at radius 2 is 1.88 bits per heavy atom. The van der Waals surface area contributed by atoms with E-state index in [1.54, 1.807) is 0 Å². The van der Waals surface area contributed by atoms with Crippen molar-refractivity contribution in [3.63, 3.8) is 0 Å². The van der Waals surface area contributed by atoms with Crippen LogP contribution in [0.2, 0.25) is 0 Å². The van der Waals surface area contributed by atoms with E-state index in [1.165, 1.54) is 11.1 Å². The number of rotatable bonds is 6. The number of ether oxygens (including phenoxy) is 1. The molecule has 0 aliphatic heterocycles. The summed E-state index contributed by atoms with van der Waals surface area (Å²) in [5, 5.41) is 1.01. The smallest absolute Gasteiger partial charge is 0.152 e. The van der Waals surface area contributed by atoms with Crippen molar-refractivity contribution in [1.29, 1.82) is 0 Å². The molecule has 1 heterocycles. The van der Waals surface area contributed by atoms with Gasteiger partial charge in [0.1, 0.15) is 12.4 Å². The SMILES string of the molecule is Cc1ccc(C(C)C)c(OCCn2c(C)c(C=O)c3ccccc32)c1. The molecule has 0 fully saturated rings. The first kappa shape index (κ1) is 17.3. The van der Waals surface area contributed by atoms with Gasteiger partial charge in [0, 0.05) is 22.2 Å². The molecule has 3 aromatic rings. The number of para-hydroxylation sites is 1. The third kappa shape index (κ3) is 3.32. The van der Waals surface area contributed by atoms with Crippen molar-refractivity contribution in [2.75, 3.05) is 6.61 Å². The van der Waals surface area contributed by atoms with E-state index in [2.05, 4.69) is 49.6 Å². The lowest BCUT2D eigenvalue weighted by Crippen LogP contribution is -2.11. The van der Waals surface area contributed by atoms with Crippen LogP contribution in [0.25, 0.3) is 10.9 Å². The molecule has 0 aliphatic rings. The van der Waals surface area contributed by atoms with Gasteiger partial charge in [-0.25, -0.2) is 0 Å². The summed E-state index contributed by atoms with van der Waals surface area (Å²) in [6.45, 7) is 9.72. The summed E-state index contributed by atoms with van der Waals surface area (Å²) in [6.07, 6.45) is 0.951. The third-order valence-corrected chi connectivity index (χ3v) is 4.76. The zero-order chi connectivity index (χ0) is 18.0. The van der Waals surface area contributed by atoms with Crippen molar-refractivity contribution in [1.82, 2.24) is 4.57 Å². The topological polar surface area (TPSA) is 31.2 Å². The molecule has 0 saturated heterocycles. The molecular formula is C22H25NO2. The maximum Gasteiger partial charge on any atom is 0.152 e. The van der Waals surface area contributed by atoms with Crippen LogP contribution in [0, 0.1) is 13.8 Å². The number of hydrogen-bond acceptors (Lipinski definition) is 2. The quantitative estimate of drug-likeness (QED) is 0.574. The van der Waals surface area contributed by atoms with Crippen molar-refractivity contribution < 1.29 is 9.53 Å². The van der Waals surface area contributed by atoms with Crippen molar-refractivity contribution >= 4 is 17.2 Å². The van der Waals surface area contributed by atoms with Crippen LogP contribution in [-0.2, 0) is 6.54 Å². The Bertz CT molecular complexity index is 906. The molecule has 0 atom stereocenters. The van der Waals surface area contributed by atoms with Gasteiger partial charge in [-0.2, -0.15) is 0 Å². The molecule has 1 aromatic heterocycles. The third-order valence-electron chi connectivity index (χ3n) is 4.76. The number of carbonyl (C=O) groups is 1. The lowest BCUT2D eigenvalue weighted by Gasteiger charge is -2.16. The molecule has 0 spiro atoms. The van der Waals surface area contributed by atoms with E-state index >= 15 is 0 Å². The summed E-state index contributed by atoms with van der Waals surface area (Å²) in [6, 6.07) is 14.4. The molecule has 3 rings (SSSR count). The minimum absolute atomic E-state index is 0.423. The average molecular weight is 335 g/mol. The van der Waals surface area contributed by atoms with Gasteiger partial charge in [0.2, 0.25) is 0 Å². The highest BCUT2D eigenvalue weighted by Gasteiger charge is 2.13. The van der Waals surface area contributed by atoms with Gasteiger partial charge in [0.15, 0.2) is 6.29 Å². The van der Waals surface area contributed by atoms with E-state index < -0.39 is 0 Å². The summed E-state index contributed by atoms with van der Waals surface area (Å²) < 4.78 is 8.29. The van der Waals surface area contributed by atoms with Crippen molar-refractivity contribution in [2.45, 2.75) is 40.2 Å². The summed E-state index contributed by atoms with van der Waals surface area (Å²) in [4.78, 5) is 11.5. The normalized spacial score (nSPS) is 11.2. The number of fused-ring (bicyclic) bond motifs is 1. The van der Waals surface area contributed by atoms with Crippen LogP contribution < -0.4 is 4.74 Å². The number of hydrogen-bond donors (Lipinski definition) is 0. The maximum atomic E-state index is 11.5. The van der Waals surface area contributed by atoms with Crippen molar-refractivity contribution in [3.8, 4) is 5.75 Å². The molecular weight excluding hydrogens is 310 g/mol. The fourth-order valence-corrected chi connectivity index (χ4v) is 3.39. The van der Waals surface area contributed by atoms with Crippen molar-refractivity contribution in [3.05, 3.63) is 64.8 Å². The Morgan fingerprint density at radius 3 is 2.60 bits per heavy atom. The van der Waals surface area contributed by atoms with Crippen molar-refractivity contribution in [2.24, 2.45) is 0 Å². The predicted molar refractivity (Wildman–Crippen MR) is 103 cm³/mol. The van der Waals surface area contributed by atoms with Gasteiger partial charge in [-0.15, -0.1) is 0 Å². The highest BCUT2D eigenvalue weighted by Crippen LogP contribution is 2.28. The molecule has 2 aromatic carbocycles. The van der Waals surface area contributed by atoms with Crippen LogP contribution in [0.1, 0.15) is 46.9 Å². The van der Waals surface area contributed by atoms with E-state index in [9.17, 15) is 4.79 Å². The van der Waals surface area contributed by atoms with Gasteiger partial charge < -0.3 is 9.30 Å². The second-order valence-corrected chi connectivity index (χ2v) is 6.83. The first-order valence-corrected chi connectivity index (χ1v) is 8.79. The van der Waals surface area contributed by atoms with Crippen LogP contribution in [0.4, 0.5) is 0 Å². The van der Waals surface area contributed by atoms with E-state index in [-0.39, 0.29) is 0 Å². The Labute approximate surface area is 149 Å². The summed E-state index contributed by atoms with van der Waals surface area (Å²) in [5.41, 5.74) is 5.28. The first-order chi connectivity index (χ1) is 12.0. The lowest BCUT2D eigenvalue weighted by atomic mass is 10.0. The van der Waals surface area contributed by atoms with Gasteiger partial charge in [0.05, 0.1) is 6.54 Å². The zero-order valence-electron chi connectivity index (χ0n) is 15.4. The molecule has 0 N–H and O–H groups in total. The average Bonchev–Trinajstić information content (AvgIpc) is 2.86. The predicted octanol–water partition coefficient (Wildman–Crippen LogP) is 5.27. The summed E-state index contributed by atoms with van der Waals surface area (Å²) >= 11 is 0. The number of nitrogens with zero attached hydrogens (tertiary/aromatic N) is 1. The molecule has 3 heteroatoms. The summed E-state index contributed by atoms with van der Waals surface area (Å²) in [5.74, 6) is 1.38. The Balaban J connectivity index is 1.84. The van der Waals surface area contributed by atoms with E-state index in [4.69, 9.17) is 4.74 Å². The van der Waals surface area contributed by atoms with E-state index in [0.717, 1.165) is 34.2 Å². The van der Waals surface area contributed by atoms with Gasteiger partial charge in [0.25, 0.3) is 0 Å². The number of carbonyl (C=O) groups excluding carboxylic acids is 1. The van der Waals surface area contributed by atoms with Crippen LogP contribution >= 0.6 is 0 Å². The number of aromatic nitrogens is 1. The molecule has 0 bridgehead atoms. The number of aryl methyl sites for hydroxylation is 1. The second kappa shape index (κ2) is 7.14. The van der Waals surface area contributed by atoms with E-state index in [1.807, 2.05) is 25.1 Å². The standard InChI is InChI=1S/C22H25NO2/c1-15(2)18-10-9-16(3)13-22(18)25-12-11-23-17(4)20(14-24)19-7-5-6-8-21(19)23/h5-10,13-15H,11-12H2,1-4H3. The fourth-order valence-electron chi connectivity index (χ4n) is 3.39. The van der Waals surface area contributed by atoms with Gasteiger partial charge in [-0.05, 0) is 43.0 Å². The Kier molecular flexibility index (Phi) is 4.93. The Morgan fingerprint density at radius 1 is 1.12 bits per heavy atom. The van der Waals surface area contributed by atoms with Gasteiger partial charge in [-0.3, -0.25) is 4.79 Å². The molecule has 130 valence electrons. The van der Waals surface area contributed by atoms with Gasteiger partial charge >= 0.3 is 0 Å². The fraction of sp³-hybridized carbons (Fsp3) is 0.318. The van der Waals surface area contributed by atoms with Crippen LogP contribution in [0.5, 0.6) is 5.75 Å². The molecule has 0 saturated carbocycles. The number of aldehydes is 1.